The van der Waals surface area contributed by atoms with E-state index in [1.165, 1.54) is 0 Å². The maximum Gasteiger partial charge on any atom is 0.257 e. The third-order valence-electron chi connectivity index (χ3n) is 2.78. The lowest BCUT2D eigenvalue weighted by atomic mass is 10.2. The molecule has 0 spiro atoms. The highest BCUT2D eigenvalue weighted by Crippen LogP contribution is 2.18. The number of aryl methyl sites for hydroxylation is 2. The number of hydrogen-bond acceptors (Lipinski definition) is 3. The summed E-state index contributed by atoms with van der Waals surface area (Å²) in [7, 11) is 0. The van der Waals surface area contributed by atoms with Crippen LogP contribution in [0, 0.1) is 13.8 Å². The fourth-order valence-electron chi connectivity index (χ4n) is 1.99. The van der Waals surface area contributed by atoms with E-state index in [0.29, 0.717) is 17.9 Å². The zero-order chi connectivity index (χ0) is 11.0. The van der Waals surface area contributed by atoms with Crippen LogP contribution in [0.3, 0.4) is 0 Å². The summed E-state index contributed by atoms with van der Waals surface area (Å²) in [6.45, 7) is 5.07. The Morgan fingerprint density at radius 3 is 2.69 bits per heavy atom. The molecule has 2 heterocycles. The molecule has 5 heteroatoms. The Labute approximate surface area is 101 Å². The van der Waals surface area contributed by atoms with Crippen molar-refractivity contribution in [2.24, 2.45) is 5.73 Å². The van der Waals surface area contributed by atoms with Gasteiger partial charge in [0.15, 0.2) is 0 Å². The third-order valence-corrected chi connectivity index (χ3v) is 2.78. The first-order valence-electron chi connectivity index (χ1n) is 5.20. The molecular weight excluding hydrogens is 228 g/mol. The molecule has 0 aromatic carbocycles. The Balaban J connectivity index is 0.00000128. The van der Waals surface area contributed by atoms with Gasteiger partial charge in [0.05, 0.1) is 5.56 Å². The smallest absolute Gasteiger partial charge is 0.257 e. The van der Waals surface area contributed by atoms with Crippen LogP contribution >= 0.6 is 12.4 Å². The minimum absolute atomic E-state index is 0. The van der Waals surface area contributed by atoms with Gasteiger partial charge in [-0.2, -0.15) is 0 Å². The Bertz CT molecular complexity index is 389. The van der Waals surface area contributed by atoms with Gasteiger partial charge in [0.2, 0.25) is 0 Å². The Morgan fingerprint density at radius 2 is 2.25 bits per heavy atom. The average Bonchev–Trinajstić information content (AvgIpc) is 2.71. The van der Waals surface area contributed by atoms with Gasteiger partial charge in [-0.15, -0.1) is 12.4 Å². The third kappa shape index (κ3) is 2.39. The summed E-state index contributed by atoms with van der Waals surface area (Å²) < 4.78 is 5.34. The number of nitrogens with two attached hydrogens (primary N) is 1. The Morgan fingerprint density at radius 1 is 1.56 bits per heavy atom. The van der Waals surface area contributed by atoms with Gasteiger partial charge in [-0.25, -0.2) is 0 Å². The number of furan rings is 1. The van der Waals surface area contributed by atoms with Crippen molar-refractivity contribution < 1.29 is 9.21 Å². The molecule has 90 valence electrons. The van der Waals surface area contributed by atoms with Crippen molar-refractivity contribution in [3.8, 4) is 0 Å². The van der Waals surface area contributed by atoms with Crippen LogP contribution in [0.2, 0.25) is 0 Å². The van der Waals surface area contributed by atoms with Gasteiger partial charge in [-0.1, -0.05) is 0 Å². The highest BCUT2D eigenvalue weighted by atomic mass is 35.5. The second-order valence-electron chi connectivity index (χ2n) is 4.13. The summed E-state index contributed by atoms with van der Waals surface area (Å²) in [5.74, 6) is 1.51. The van der Waals surface area contributed by atoms with Crippen LogP contribution in [0.25, 0.3) is 0 Å². The molecule has 1 amide bonds. The quantitative estimate of drug-likeness (QED) is 0.814. The first-order valence-corrected chi connectivity index (χ1v) is 5.20. The predicted octanol–water partition coefficient (Wildman–Crippen LogP) is 1.49. The highest BCUT2D eigenvalue weighted by Gasteiger charge is 2.26. The van der Waals surface area contributed by atoms with E-state index < -0.39 is 0 Å². The SMILES string of the molecule is Cc1cc(C(=O)N2CC[C@H](N)C2)c(C)o1.Cl. The molecule has 4 nitrogen and oxygen atoms in total. The van der Waals surface area contributed by atoms with Crippen molar-refractivity contribution in [3.05, 3.63) is 23.2 Å². The number of halogens is 1. The van der Waals surface area contributed by atoms with Gasteiger partial charge in [0, 0.05) is 19.1 Å². The first kappa shape index (κ1) is 13.1. The lowest BCUT2D eigenvalue weighted by molar-refractivity contribution is 0.0789. The van der Waals surface area contributed by atoms with Crippen LogP contribution in [-0.2, 0) is 0 Å². The summed E-state index contributed by atoms with van der Waals surface area (Å²) in [6, 6.07) is 1.92. The number of rotatable bonds is 1. The van der Waals surface area contributed by atoms with Crippen LogP contribution in [0.5, 0.6) is 0 Å². The average molecular weight is 245 g/mol. The van der Waals surface area contributed by atoms with E-state index in [0.717, 1.165) is 18.7 Å². The maximum atomic E-state index is 12.0. The van der Waals surface area contributed by atoms with Crippen molar-refractivity contribution >= 4 is 18.3 Å². The predicted molar refractivity (Wildman–Crippen MR) is 63.9 cm³/mol. The van der Waals surface area contributed by atoms with Crippen LogP contribution in [0.4, 0.5) is 0 Å². The molecule has 1 aromatic rings. The number of likely N-dealkylation sites (tertiary alicyclic amines) is 1. The molecule has 0 radical (unpaired) electrons. The van der Waals surface area contributed by atoms with Gasteiger partial charge in [0.25, 0.3) is 5.91 Å². The highest BCUT2D eigenvalue weighted by molar-refractivity contribution is 5.95. The minimum Gasteiger partial charge on any atom is -0.466 e. The monoisotopic (exact) mass is 244 g/mol. The van der Waals surface area contributed by atoms with E-state index in [-0.39, 0.29) is 24.4 Å². The number of nitrogens with zero attached hydrogens (tertiary/aromatic N) is 1. The second kappa shape index (κ2) is 4.89. The van der Waals surface area contributed by atoms with Crippen LogP contribution in [0.1, 0.15) is 28.3 Å². The number of carbonyl (C=O) groups excluding carboxylic acids is 1. The summed E-state index contributed by atoms with van der Waals surface area (Å²) in [5, 5.41) is 0. The fraction of sp³-hybridized carbons (Fsp3) is 0.545. The van der Waals surface area contributed by atoms with Crippen molar-refractivity contribution in [1.82, 2.24) is 4.90 Å². The molecule has 1 saturated heterocycles. The van der Waals surface area contributed by atoms with E-state index in [1.807, 2.05) is 13.8 Å². The first-order chi connectivity index (χ1) is 7.08. The van der Waals surface area contributed by atoms with Crippen molar-refractivity contribution in [1.29, 1.82) is 0 Å². The summed E-state index contributed by atoms with van der Waals surface area (Å²) in [5.41, 5.74) is 6.44. The molecule has 2 N–H and O–H groups in total. The maximum absolute atomic E-state index is 12.0. The number of amides is 1. The van der Waals surface area contributed by atoms with E-state index in [2.05, 4.69) is 0 Å². The molecular formula is C11H17ClN2O2. The fourth-order valence-corrected chi connectivity index (χ4v) is 1.99. The molecule has 0 bridgehead atoms. The van der Waals surface area contributed by atoms with Gasteiger partial charge < -0.3 is 15.1 Å². The Hall–Kier alpha value is -1.000. The molecule has 1 fully saturated rings. The molecule has 16 heavy (non-hydrogen) atoms. The zero-order valence-electron chi connectivity index (χ0n) is 9.53. The van der Waals surface area contributed by atoms with Gasteiger partial charge in [-0.3, -0.25) is 4.79 Å². The molecule has 1 aliphatic heterocycles. The molecule has 0 unspecified atom stereocenters. The molecule has 0 saturated carbocycles. The van der Waals surface area contributed by atoms with Crippen molar-refractivity contribution in [3.63, 3.8) is 0 Å². The molecule has 1 atom stereocenters. The molecule has 0 aliphatic carbocycles. The summed E-state index contributed by atoms with van der Waals surface area (Å²) in [6.07, 6.45) is 0.890. The number of carbonyl (C=O) groups is 1. The second-order valence-corrected chi connectivity index (χ2v) is 4.13. The minimum atomic E-state index is 0. The van der Waals surface area contributed by atoms with Crippen LogP contribution in [-0.4, -0.2) is 29.9 Å². The molecule has 2 rings (SSSR count). The standard InChI is InChI=1S/C11H16N2O2.ClH/c1-7-5-10(8(2)15-7)11(14)13-4-3-9(12)6-13;/h5,9H,3-4,6,12H2,1-2H3;1H/t9-;/m0./s1. The van der Waals surface area contributed by atoms with Gasteiger partial charge in [-0.05, 0) is 26.3 Å². The van der Waals surface area contributed by atoms with E-state index >= 15 is 0 Å². The van der Waals surface area contributed by atoms with E-state index in [1.54, 1.807) is 11.0 Å². The van der Waals surface area contributed by atoms with Gasteiger partial charge in [0.1, 0.15) is 11.5 Å². The zero-order valence-corrected chi connectivity index (χ0v) is 10.3. The van der Waals surface area contributed by atoms with E-state index in [4.69, 9.17) is 10.2 Å². The Kier molecular flexibility index (Phi) is 3.99. The van der Waals surface area contributed by atoms with Gasteiger partial charge >= 0.3 is 0 Å². The number of hydrogen-bond donors (Lipinski definition) is 1. The largest absolute Gasteiger partial charge is 0.466 e. The normalized spacial score (nSPS) is 19.7. The topological polar surface area (TPSA) is 59.5 Å². The summed E-state index contributed by atoms with van der Waals surface area (Å²) >= 11 is 0. The van der Waals surface area contributed by atoms with Crippen molar-refractivity contribution in [2.75, 3.05) is 13.1 Å². The van der Waals surface area contributed by atoms with Crippen LogP contribution in [0.15, 0.2) is 10.5 Å². The van der Waals surface area contributed by atoms with Crippen molar-refractivity contribution in [2.45, 2.75) is 26.3 Å². The molecule has 1 aromatic heterocycles. The lowest BCUT2D eigenvalue weighted by Gasteiger charge is -2.14. The van der Waals surface area contributed by atoms with Crippen LogP contribution < -0.4 is 5.73 Å². The summed E-state index contributed by atoms with van der Waals surface area (Å²) in [4.78, 5) is 13.8. The van der Waals surface area contributed by atoms with E-state index in [9.17, 15) is 4.79 Å². The lowest BCUT2D eigenvalue weighted by Crippen LogP contribution is -2.31. The molecule has 1 aliphatic rings.